The van der Waals surface area contributed by atoms with Crippen LogP contribution in [0.1, 0.15) is 42.9 Å². The standard InChI is InChI=1S/C20H24ClN5O3S/c1-13(27)26-10-5-7-17(26)20-23-16-12-25(11-9-14(16)19(22-2)24-20)30(28,29)18-8-4-3-6-15(18)21/h3-4,6,8,17H,5,7,9-12H2,1-2H3,(H,22,23,24)/t17-/m1/s1. The van der Waals surface area contributed by atoms with Gasteiger partial charge in [0.1, 0.15) is 10.7 Å². The Morgan fingerprint density at radius 1 is 1.23 bits per heavy atom. The number of likely N-dealkylation sites (tertiary alicyclic amines) is 1. The van der Waals surface area contributed by atoms with Crippen LogP contribution >= 0.6 is 11.6 Å². The van der Waals surface area contributed by atoms with E-state index in [1.54, 1.807) is 37.1 Å². The number of halogens is 1. The van der Waals surface area contributed by atoms with E-state index in [2.05, 4.69) is 10.3 Å². The van der Waals surface area contributed by atoms with Crippen LogP contribution in [0.3, 0.4) is 0 Å². The van der Waals surface area contributed by atoms with Gasteiger partial charge in [-0.25, -0.2) is 18.4 Å². The molecule has 8 nitrogen and oxygen atoms in total. The highest BCUT2D eigenvalue weighted by atomic mass is 35.5. The molecule has 3 heterocycles. The Bertz CT molecular complexity index is 1090. The molecular weight excluding hydrogens is 426 g/mol. The minimum atomic E-state index is -3.76. The largest absolute Gasteiger partial charge is 0.373 e. The highest BCUT2D eigenvalue weighted by Crippen LogP contribution is 2.34. The van der Waals surface area contributed by atoms with Crippen molar-refractivity contribution in [3.05, 3.63) is 46.4 Å². The number of hydrogen-bond acceptors (Lipinski definition) is 6. The number of rotatable bonds is 4. The number of amides is 1. The second-order valence-electron chi connectivity index (χ2n) is 7.50. The Hall–Kier alpha value is -2.23. The Kier molecular flexibility index (Phi) is 5.69. The topological polar surface area (TPSA) is 95.5 Å². The molecule has 160 valence electrons. The predicted octanol–water partition coefficient (Wildman–Crippen LogP) is 2.60. The molecule has 0 aliphatic carbocycles. The van der Waals surface area contributed by atoms with Crippen LogP contribution in [0.2, 0.25) is 5.02 Å². The second-order valence-corrected chi connectivity index (χ2v) is 9.81. The molecule has 2 aliphatic rings. The van der Waals surface area contributed by atoms with Crippen molar-refractivity contribution >= 4 is 33.3 Å². The summed E-state index contributed by atoms with van der Waals surface area (Å²) in [6, 6.07) is 6.26. The van der Waals surface area contributed by atoms with Crippen LogP contribution < -0.4 is 5.32 Å². The number of sulfonamides is 1. The first-order valence-corrected chi connectivity index (χ1v) is 11.7. The van der Waals surface area contributed by atoms with Crippen LogP contribution in [0, 0.1) is 0 Å². The van der Waals surface area contributed by atoms with Crippen LogP contribution in [0.5, 0.6) is 0 Å². The molecule has 2 aromatic rings. The monoisotopic (exact) mass is 449 g/mol. The number of hydrogen-bond donors (Lipinski definition) is 1. The maximum absolute atomic E-state index is 13.2. The van der Waals surface area contributed by atoms with Crippen molar-refractivity contribution in [2.24, 2.45) is 0 Å². The van der Waals surface area contributed by atoms with Crippen LogP contribution in [-0.2, 0) is 27.8 Å². The molecule has 30 heavy (non-hydrogen) atoms. The first-order chi connectivity index (χ1) is 14.3. The van der Waals surface area contributed by atoms with Crippen molar-refractivity contribution in [2.45, 2.75) is 43.7 Å². The van der Waals surface area contributed by atoms with Gasteiger partial charge in [-0.2, -0.15) is 4.31 Å². The SMILES string of the molecule is CNc1nc([C@H]2CCCN2C(C)=O)nc2c1CCN(S(=O)(=O)c1ccccc1Cl)C2. The molecule has 1 atom stereocenters. The first-order valence-electron chi connectivity index (χ1n) is 9.92. The number of benzene rings is 1. The molecule has 1 saturated heterocycles. The highest BCUT2D eigenvalue weighted by Gasteiger charge is 2.35. The van der Waals surface area contributed by atoms with Gasteiger partial charge >= 0.3 is 0 Å². The average molecular weight is 450 g/mol. The molecule has 1 amide bonds. The van der Waals surface area contributed by atoms with Gasteiger partial charge in [0.25, 0.3) is 0 Å². The van der Waals surface area contributed by atoms with E-state index in [1.807, 2.05) is 0 Å². The molecule has 4 rings (SSSR count). The fourth-order valence-electron chi connectivity index (χ4n) is 4.19. The van der Waals surface area contributed by atoms with Crippen molar-refractivity contribution in [1.82, 2.24) is 19.2 Å². The van der Waals surface area contributed by atoms with E-state index in [0.29, 0.717) is 36.8 Å². The molecule has 0 radical (unpaired) electrons. The van der Waals surface area contributed by atoms with Gasteiger partial charge in [0.15, 0.2) is 5.82 Å². The fraction of sp³-hybridized carbons (Fsp3) is 0.450. The van der Waals surface area contributed by atoms with Crippen molar-refractivity contribution in [3.8, 4) is 0 Å². The lowest BCUT2D eigenvalue weighted by molar-refractivity contribution is -0.129. The van der Waals surface area contributed by atoms with Crippen molar-refractivity contribution in [3.63, 3.8) is 0 Å². The van der Waals surface area contributed by atoms with Gasteiger partial charge in [0.05, 0.1) is 23.3 Å². The summed E-state index contributed by atoms with van der Waals surface area (Å²) in [5.41, 5.74) is 1.58. The predicted molar refractivity (Wildman–Crippen MR) is 114 cm³/mol. The van der Waals surface area contributed by atoms with Gasteiger partial charge in [-0.05, 0) is 31.4 Å². The lowest BCUT2D eigenvalue weighted by atomic mass is 10.1. The van der Waals surface area contributed by atoms with Crippen LogP contribution in [0.15, 0.2) is 29.2 Å². The first kappa shape index (κ1) is 21.0. The molecule has 1 fully saturated rings. The summed E-state index contributed by atoms with van der Waals surface area (Å²) in [6.45, 7) is 2.69. The Balaban J connectivity index is 1.71. The summed E-state index contributed by atoms with van der Waals surface area (Å²) in [4.78, 5) is 23.3. The smallest absolute Gasteiger partial charge is 0.244 e. The molecule has 0 bridgehead atoms. The average Bonchev–Trinajstić information content (AvgIpc) is 3.23. The molecule has 10 heteroatoms. The van der Waals surface area contributed by atoms with Crippen LogP contribution in [0.4, 0.5) is 5.82 Å². The van der Waals surface area contributed by atoms with Gasteiger partial charge in [0, 0.05) is 32.6 Å². The maximum atomic E-state index is 13.2. The number of fused-ring (bicyclic) bond motifs is 1. The second kappa shape index (κ2) is 8.13. The quantitative estimate of drug-likeness (QED) is 0.770. The maximum Gasteiger partial charge on any atom is 0.244 e. The Morgan fingerprint density at radius 3 is 2.70 bits per heavy atom. The minimum absolute atomic E-state index is 0.00671. The van der Waals surface area contributed by atoms with Crippen LogP contribution in [0.25, 0.3) is 0 Å². The number of anilines is 1. The number of nitrogens with zero attached hydrogens (tertiary/aromatic N) is 4. The van der Waals surface area contributed by atoms with E-state index in [1.165, 1.54) is 10.4 Å². The number of nitrogens with one attached hydrogen (secondary N) is 1. The van der Waals surface area contributed by atoms with Crippen LogP contribution in [-0.4, -0.2) is 53.6 Å². The van der Waals surface area contributed by atoms with Gasteiger partial charge in [-0.3, -0.25) is 4.79 Å². The number of carbonyl (C=O) groups excluding carboxylic acids is 1. The van der Waals surface area contributed by atoms with E-state index in [4.69, 9.17) is 16.6 Å². The van der Waals surface area contributed by atoms with E-state index >= 15 is 0 Å². The minimum Gasteiger partial charge on any atom is -0.373 e. The Labute approximate surface area is 181 Å². The summed E-state index contributed by atoms with van der Waals surface area (Å²) >= 11 is 6.15. The van der Waals surface area contributed by atoms with E-state index in [-0.39, 0.29) is 28.4 Å². The van der Waals surface area contributed by atoms with E-state index in [9.17, 15) is 13.2 Å². The molecule has 0 saturated carbocycles. The molecule has 1 aromatic carbocycles. The molecule has 1 aromatic heterocycles. The fourth-order valence-corrected chi connectivity index (χ4v) is 6.09. The van der Waals surface area contributed by atoms with Gasteiger partial charge < -0.3 is 10.2 Å². The van der Waals surface area contributed by atoms with Gasteiger partial charge in [-0.1, -0.05) is 23.7 Å². The highest BCUT2D eigenvalue weighted by molar-refractivity contribution is 7.89. The van der Waals surface area contributed by atoms with Crippen molar-refractivity contribution < 1.29 is 13.2 Å². The van der Waals surface area contributed by atoms with E-state index in [0.717, 1.165) is 18.4 Å². The molecule has 2 aliphatic heterocycles. The van der Waals surface area contributed by atoms with Crippen molar-refractivity contribution in [1.29, 1.82) is 0 Å². The molecule has 1 N–H and O–H groups in total. The number of aromatic nitrogens is 2. The van der Waals surface area contributed by atoms with Crippen molar-refractivity contribution in [2.75, 3.05) is 25.5 Å². The zero-order valence-corrected chi connectivity index (χ0v) is 18.5. The third-order valence-electron chi connectivity index (χ3n) is 5.69. The zero-order chi connectivity index (χ0) is 21.5. The summed E-state index contributed by atoms with van der Waals surface area (Å²) in [5.74, 6) is 1.25. The summed E-state index contributed by atoms with van der Waals surface area (Å²) < 4.78 is 27.8. The number of carbonyl (C=O) groups is 1. The molecule has 0 spiro atoms. The third-order valence-corrected chi connectivity index (χ3v) is 8.04. The summed E-state index contributed by atoms with van der Waals surface area (Å²) in [6.07, 6.45) is 2.19. The normalized spacial score (nSPS) is 19.6. The summed E-state index contributed by atoms with van der Waals surface area (Å²) in [5, 5.41) is 3.31. The third kappa shape index (κ3) is 3.66. The van der Waals surface area contributed by atoms with E-state index < -0.39 is 10.0 Å². The molecule has 0 unspecified atom stereocenters. The van der Waals surface area contributed by atoms with Gasteiger partial charge in [0.2, 0.25) is 15.9 Å². The lowest BCUT2D eigenvalue weighted by Gasteiger charge is -2.30. The Morgan fingerprint density at radius 2 is 2.00 bits per heavy atom. The summed E-state index contributed by atoms with van der Waals surface area (Å²) in [7, 11) is -1.97. The lowest BCUT2D eigenvalue weighted by Crippen LogP contribution is -2.37. The zero-order valence-electron chi connectivity index (χ0n) is 16.9. The molecular formula is C20H24ClN5O3S. The van der Waals surface area contributed by atoms with Gasteiger partial charge in [-0.15, -0.1) is 0 Å².